The van der Waals surface area contributed by atoms with Crippen molar-refractivity contribution < 1.29 is 26.8 Å². The Kier molecular flexibility index (Phi) is 5.95. The van der Waals surface area contributed by atoms with Gasteiger partial charge < -0.3 is 14.5 Å². The van der Waals surface area contributed by atoms with Crippen molar-refractivity contribution in [2.75, 3.05) is 11.3 Å². The van der Waals surface area contributed by atoms with E-state index in [0.717, 1.165) is 12.1 Å². The fourth-order valence-electron chi connectivity index (χ4n) is 2.25. The lowest BCUT2D eigenvalue weighted by molar-refractivity contribution is -0.123. The fourth-order valence-corrected chi connectivity index (χ4v) is 3.30. The summed E-state index contributed by atoms with van der Waals surface area (Å²) in [6, 6.07) is 14.0. The van der Waals surface area contributed by atoms with Crippen LogP contribution in [-0.4, -0.2) is 20.9 Å². The van der Waals surface area contributed by atoms with Crippen LogP contribution in [0.1, 0.15) is 5.76 Å². The molecule has 2 aromatic carbocycles. The van der Waals surface area contributed by atoms with E-state index in [1.165, 1.54) is 42.7 Å². The number of sulfonamides is 1. The summed E-state index contributed by atoms with van der Waals surface area (Å²) in [5.74, 6) is 0.161. The summed E-state index contributed by atoms with van der Waals surface area (Å²) in [6.45, 7) is 0.0298. The second kappa shape index (κ2) is 8.57. The largest absolute Gasteiger partial charge is 0.484 e. The number of carbonyl (C=O) groups is 1. The van der Waals surface area contributed by atoms with Gasteiger partial charge in [0.25, 0.3) is 15.9 Å². The second-order valence-electron chi connectivity index (χ2n) is 5.73. The molecule has 146 valence electrons. The summed E-state index contributed by atoms with van der Waals surface area (Å²) in [4.78, 5) is 11.8. The van der Waals surface area contributed by atoms with E-state index in [4.69, 9.17) is 9.15 Å². The molecule has 0 atom stereocenters. The normalized spacial score (nSPS) is 11.0. The third-order valence-electron chi connectivity index (χ3n) is 3.64. The topological polar surface area (TPSA) is 97.6 Å². The van der Waals surface area contributed by atoms with Gasteiger partial charge in [-0.3, -0.25) is 9.52 Å². The van der Waals surface area contributed by atoms with Crippen molar-refractivity contribution in [1.29, 1.82) is 0 Å². The first-order valence-corrected chi connectivity index (χ1v) is 9.71. The maximum atomic E-state index is 12.9. The summed E-state index contributed by atoms with van der Waals surface area (Å²) in [6.07, 6.45) is 1.51. The Labute approximate surface area is 161 Å². The Hall–Kier alpha value is -3.33. The standard InChI is InChI=1S/C19H17FN2O5S/c20-14-3-5-15(6-4-14)22-28(24,25)18-9-7-16(8-10-18)27-13-19(23)21-12-17-2-1-11-26-17/h1-11,22H,12-13H2,(H,21,23). The number of rotatable bonds is 8. The minimum absolute atomic E-state index is 0.00597. The third kappa shape index (κ3) is 5.34. The van der Waals surface area contributed by atoms with Crippen LogP contribution >= 0.6 is 0 Å². The molecule has 0 saturated carbocycles. The number of benzene rings is 2. The molecule has 3 rings (SSSR count). The molecule has 0 aliphatic rings. The summed E-state index contributed by atoms with van der Waals surface area (Å²) in [5, 5.41) is 2.63. The van der Waals surface area contributed by atoms with Crippen molar-refractivity contribution in [3.8, 4) is 5.75 Å². The lowest BCUT2D eigenvalue weighted by Gasteiger charge is -2.10. The minimum atomic E-state index is -3.83. The molecule has 0 aliphatic heterocycles. The van der Waals surface area contributed by atoms with Gasteiger partial charge in [0.15, 0.2) is 6.61 Å². The van der Waals surface area contributed by atoms with Crippen molar-refractivity contribution in [3.05, 3.63) is 78.5 Å². The number of halogens is 1. The highest BCUT2D eigenvalue weighted by Gasteiger charge is 2.14. The lowest BCUT2D eigenvalue weighted by Crippen LogP contribution is -2.28. The van der Waals surface area contributed by atoms with Crippen molar-refractivity contribution in [3.63, 3.8) is 0 Å². The number of amides is 1. The summed E-state index contributed by atoms with van der Waals surface area (Å²) < 4.78 is 50.4. The molecular formula is C19H17FN2O5S. The first-order valence-electron chi connectivity index (χ1n) is 8.23. The average molecular weight is 404 g/mol. The molecule has 0 fully saturated rings. The Balaban J connectivity index is 1.53. The first-order chi connectivity index (χ1) is 13.4. The van der Waals surface area contributed by atoms with Crippen molar-refractivity contribution in [2.24, 2.45) is 0 Å². The van der Waals surface area contributed by atoms with E-state index in [1.54, 1.807) is 12.1 Å². The predicted octanol–water partition coefficient (Wildman–Crippen LogP) is 2.91. The van der Waals surface area contributed by atoms with E-state index in [-0.39, 0.29) is 29.6 Å². The molecule has 7 nitrogen and oxygen atoms in total. The van der Waals surface area contributed by atoms with Crippen LogP contribution in [-0.2, 0) is 21.4 Å². The SMILES string of the molecule is O=C(COc1ccc(S(=O)(=O)Nc2ccc(F)cc2)cc1)NCc1ccco1. The predicted molar refractivity (Wildman–Crippen MR) is 99.7 cm³/mol. The Bertz CT molecular complexity index is 1020. The number of furan rings is 1. The van der Waals surface area contributed by atoms with Gasteiger partial charge in [0.2, 0.25) is 0 Å². The molecule has 1 amide bonds. The number of anilines is 1. The third-order valence-corrected chi connectivity index (χ3v) is 5.04. The number of ether oxygens (including phenoxy) is 1. The molecule has 0 unspecified atom stereocenters. The van der Waals surface area contributed by atoms with E-state index in [9.17, 15) is 17.6 Å². The van der Waals surface area contributed by atoms with Gasteiger partial charge in [-0.25, -0.2) is 12.8 Å². The van der Waals surface area contributed by atoms with Crippen molar-refractivity contribution in [2.45, 2.75) is 11.4 Å². The molecule has 0 saturated heterocycles. The zero-order valence-corrected chi connectivity index (χ0v) is 15.4. The van der Waals surface area contributed by atoms with Crippen LogP contribution in [0.3, 0.4) is 0 Å². The highest BCUT2D eigenvalue weighted by Crippen LogP contribution is 2.19. The highest BCUT2D eigenvalue weighted by atomic mass is 32.2. The Morgan fingerprint density at radius 3 is 2.39 bits per heavy atom. The first kappa shape index (κ1) is 19.4. The number of hydrogen-bond acceptors (Lipinski definition) is 5. The number of hydrogen-bond donors (Lipinski definition) is 2. The summed E-state index contributed by atoms with van der Waals surface area (Å²) in [7, 11) is -3.83. The zero-order valence-electron chi connectivity index (χ0n) is 14.6. The summed E-state index contributed by atoms with van der Waals surface area (Å²) >= 11 is 0. The van der Waals surface area contributed by atoms with Gasteiger partial charge in [-0.1, -0.05) is 0 Å². The fraction of sp³-hybridized carbons (Fsp3) is 0.105. The maximum Gasteiger partial charge on any atom is 0.261 e. The Morgan fingerprint density at radius 2 is 1.75 bits per heavy atom. The van der Waals surface area contributed by atoms with Gasteiger partial charge in [-0.05, 0) is 60.7 Å². The van der Waals surface area contributed by atoms with E-state index in [1.807, 2.05) is 0 Å². The quantitative estimate of drug-likeness (QED) is 0.602. The molecule has 0 radical (unpaired) electrons. The Morgan fingerprint density at radius 1 is 1.04 bits per heavy atom. The smallest absolute Gasteiger partial charge is 0.261 e. The molecular weight excluding hydrogens is 387 g/mol. The summed E-state index contributed by atoms with van der Waals surface area (Å²) in [5.41, 5.74) is 0.245. The molecule has 3 aromatic rings. The van der Waals surface area contributed by atoms with Gasteiger partial charge in [0, 0.05) is 5.69 Å². The van der Waals surface area contributed by atoms with Crippen LogP contribution < -0.4 is 14.8 Å². The molecule has 0 aliphatic carbocycles. The van der Waals surface area contributed by atoms with E-state index in [2.05, 4.69) is 10.0 Å². The van der Waals surface area contributed by atoms with Crippen LogP contribution in [0, 0.1) is 5.82 Å². The van der Waals surface area contributed by atoms with Gasteiger partial charge in [0.05, 0.1) is 17.7 Å². The molecule has 1 aromatic heterocycles. The lowest BCUT2D eigenvalue weighted by atomic mass is 10.3. The van der Waals surface area contributed by atoms with Gasteiger partial charge in [0.1, 0.15) is 17.3 Å². The molecule has 1 heterocycles. The van der Waals surface area contributed by atoms with Crippen LogP contribution in [0.25, 0.3) is 0 Å². The van der Waals surface area contributed by atoms with Crippen molar-refractivity contribution >= 4 is 21.6 Å². The van der Waals surface area contributed by atoms with Gasteiger partial charge in [-0.15, -0.1) is 0 Å². The van der Waals surface area contributed by atoms with Crippen molar-refractivity contribution in [1.82, 2.24) is 5.32 Å². The zero-order chi connectivity index (χ0) is 20.0. The monoisotopic (exact) mass is 404 g/mol. The number of carbonyl (C=O) groups excluding carboxylic acids is 1. The van der Waals surface area contributed by atoms with E-state index >= 15 is 0 Å². The molecule has 2 N–H and O–H groups in total. The molecule has 0 spiro atoms. The minimum Gasteiger partial charge on any atom is -0.484 e. The maximum absolute atomic E-state index is 12.9. The van der Waals surface area contributed by atoms with Gasteiger partial charge in [-0.2, -0.15) is 0 Å². The molecule has 0 bridgehead atoms. The van der Waals surface area contributed by atoms with Gasteiger partial charge >= 0.3 is 0 Å². The highest BCUT2D eigenvalue weighted by molar-refractivity contribution is 7.92. The van der Waals surface area contributed by atoms with Crippen LogP contribution in [0.2, 0.25) is 0 Å². The van der Waals surface area contributed by atoms with Crippen LogP contribution in [0.15, 0.2) is 76.2 Å². The molecule has 28 heavy (non-hydrogen) atoms. The van der Waals surface area contributed by atoms with Crippen LogP contribution in [0.5, 0.6) is 5.75 Å². The van der Waals surface area contributed by atoms with E-state index < -0.39 is 15.8 Å². The second-order valence-corrected chi connectivity index (χ2v) is 7.41. The van der Waals surface area contributed by atoms with Crippen LogP contribution in [0.4, 0.5) is 10.1 Å². The van der Waals surface area contributed by atoms with E-state index in [0.29, 0.717) is 11.5 Å². The average Bonchev–Trinajstić information content (AvgIpc) is 3.20. The molecule has 9 heteroatoms. The number of nitrogens with one attached hydrogen (secondary N) is 2.